The fraction of sp³-hybridized carbons (Fsp3) is 0.300. The molecule has 5 nitrogen and oxygen atoms in total. The smallest absolute Gasteiger partial charge is 0.251 e. The number of hydrogen-bond acceptors (Lipinski definition) is 2. The Bertz CT molecular complexity index is 810. The summed E-state index contributed by atoms with van der Waals surface area (Å²) in [5, 5.41) is 9.06. The summed E-state index contributed by atoms with van der Waals surface area (Å²) in [6.07, 6.45) is 0.752. The van der Waals surface area contributed by atoms with E-state index in [2.05, 4.69) is 36.9 Å². The number of benzene rings is 2. The molecule has 0 saturated carbocycles. The number of guanidine groups is 1. The molecule has 27 heavy (non-hydrogen) atoms. The lowest BCUT2D eigenvalue weighted by Crippen LogP contribution is -2.38. The van der Waals surface area contributed by atoms with Gasteiger partial charge in [0.05, 0.1) is 11.0 Å². The zero-order valence-corrected chi connectivity index (χ0v) is 17.1. The largest absolute Gasteiger partial charge is 0.357 e. The Morgan fingerprint density at radius 1 is 1.15 bits per heavy atom. The highest BCUT2D eigenvalue weighted by atomic mass is 79.9. The van der Waals surface area contributed by atoms with E-state index < -0.39 is 0 Å². The molecule has 7 heteroatoms. The van der Waals surface area contributed by atoms with Gasteiger partial charge in [0.2, 0.25) is 0 Å². The summed E-state index contributed by atoms with van der Waals surface area (Å²) in [4.78, 5) is 16.2. The van der Waals surface area contributed by atoms with Crippen molar-refractivity contribution < 1.29 is 9.18 Å². The van der Waals surface area contributed by atoms with E-state index in [0.717, 1.165) is 24.1 Å². The molecule has 144 valence electrons. The molecule has 2 rings (SSSR count). The van der Waals surface area contributed by atoms with Crippen LogP contribution in [0.15, 0.2) is 51.9 Å². The van der Waals surface area contributed by atoms with Crippen LogP contribution in [-0.2, 0) is 13.0 Å². The molecular weight excluding hydrogens is 411 g/mol. The first-order valence-corrected chi connectivity index (χ1v) is 9.60. The van der Waals surface area contributed by atoms with Crippen molar-refractivity contribution in [2.45, 2.75) is 19.9 Å². The number of nitrogens with one attached hydrogen (secondary N) is 3. The van der Waals surface area contributed by atoms with E-state index in [1.54, 1.807) is 19.2 Å². The van der Waals surface area contributed by atoms with Crippen LogP contribution in [0.4, 0.5) is 4.39 Å². The van der Waals surface area contributed by atoms with Gasteiger partial charge in [0.25, 0.3) is 5.91 Å². The molecule has 2 aromatic rings. The third kappa shape index (κ3) is 6.67. The molecule has 1 amide bonds. The van der Waals surface area contributed by atoms with Crippen LogP contribution in [0.5, 0.6) is 0 Å². The molecule has 0 radical (unpaired) electrons. The van der Waals surface area contributed by atoms with Crippen LogP contribution in [0.2, 0.25) is 0 Å². The Kier molecular flexibility index (Phi) is 8.26. The van der Waals surface area contributed by atoms with E-state index in [1.807, 2.05) is 31.2 Å². The Balaban J connectivity index is 1.94. The van der Waals surface area contributed by atoms with E-state index in [1.165, 1.54) is 6.07 Å². The van der Waals surface area contributed by atoms with Gasteiger partial charge in [-0.15, -0.1) is 0 Å². The summed E-state index contributed by atoms with van der Waals surface area (Å²) >= 11 is 3.15. The molecule has 0 atom stereocenters. The average molecular weight is 435 g/mol. The Labute approximate surface area is 167 Å². The quantitative estimate of drug-likeness (QED) is 0.462. The second-order valence-corrected chi connectivity index (χ2v) is 6.75. The highest BCUT2D eigenvalue weighted by Crippen LogP contribution is 2.16. The fourth-order valence-corrected chi connectivity index (χ4v) is 2.73. The first-order valence-electron chi connectivity index (χ1n) is 8.80. The molecule has 0 unspecified atom stereocenters. The lowest BCUT2D eigenvalue weighted by molar-refractivity contribution is 0.0963. The lowest BCUT2D eigenvalue weighted by Gasteiger charge is -2.12. The van der Waals surface area contributed by atoms with Gasteiger partial charge >= 0.3 is 0 Å². The first kappa shape index (κ1) is 20.9. The van der Waals surface area contributed by atoms with Crippen LogP contribution in [0.3, 0.4) is 0 Å². The van der Waals surface area contributed by atoms with Gasteiger partial charge in [0.15, 0.2) is 5.96 Å². The van der Waals surface area contributed by atoms with Crippen molar-refractivity contribution in [1.82, 2.24) is 16.0 Å². The number of amides is 1. The van der Waals surface area contributed by atoms with Crippen molar-refractivity contribution in [1.29, 1.82) is 0 Å². The number of carbonyl (C=O) groups excluding carboxylic acids is 1. The molecule has 0 aromatic heterocycles. The summed E-state index contributed by atoms with van der Waals surface area (Å²) in [5.74, 6) is 0.279. The van der Waals surface area contributed by atoms with E-state index in [4.69, 9.17) is 0 Å². The minimum Gasteiger partial charge on any atom is -0.357 e. The van der Waals surface area contributed by atoms with Crippen molar-refractivity contribution in [2.75, 3.05) is 20.1 Å². The zero-order valence-electron chi connectivity index (χ0n) is 15.5. The van der Waals surface area contributed by atoms with Gasteiger partial charge in [-0.1, -0.05) is 18.2 Å². The van der Waals surface area contributed by atoms with Crippen molar-refractivity contribution in [3.05, 3.63) is 69.4 Å². The third-order valence-electron chi connectivity index (χ3n) is 3.87. The molecule has 0 aliphatic rings. The average Bonchev–Trinajstić information content (AvgIpc) is 2.68. The van der Waals surface area contributed by atoms with Crippen LogP contribution >= 0.6 is 15.9 Å². The van der Waals surface area contributed by atoms with E-state index >= 15 is 0 Å². The van der Waals surface area contributed by atoms with Crippen molar-refractivity contribution in [3.63, 3.8) is 0 Å². The Morgan fingerprint density at radius 2 is 1.96 bits per heavy atom. The molecule has 0 spiro atoms. The van der Waals surface area contributed by atoms with Crippen molar-refractivity contribution in [3.8, 4) is 0 Å². The second-order valence-electron chi connectivity index (χ2n) is 5.90. The minimum absolute atomic E-state index is 0.0959. The molecular formula is C20H24BrFN4O. The third-order valence-corrected chi connectivity index (χ3v) is 4.51. The summed E-state index contributed by atoms with van der Waals surface area (Å²) < 4.78 is 14.0. The zero-order chi connectivity index (χ0) is 19.6. The van der Waals surface area contributed by atoms with Crippen molar-refractivity contribution in [2.24, 2.45) is 4.99 Å². The topological polar surface area (TPSA) is 65.5 Å². The maximum atomic E-state index is 13.6. The summed E-state index contributed by atoms with van der Waals surface area (Å²) in [6, 6.07) is 12.5. The summed E-state index contributed by atoms with van der Waals surface area (Å²) in [7, 11) is 1.62. The van der Waals surface area contributed by atoms with E-state index in [-0.39, 0.29) is 11.7 Å². The van der Waals surface area contributed by atoms with Gasteiger partial charge in [-0.05, 0) is 64.7 Å². The SMILES string of the molecule is CCNC(=NCc1ccc(Br)c(F)c1)NCCc1cccc(C(=O)NC)c1. The second kappa shape index (κ2) is 10.7. The first-order chi connectivity index (χ1) is 13.0. The van der Waals surface area contributed by atoms with E-state index in [9.17, 15) is 9.18 Å². The molecule has 0 heterocycles. The van der Waals surface area contributed by atoms with Gasteiger partial charge in [0, 0.05) is 25.7 Å². The summed E-state index contributed by atoms with van der Waals surface area (Å²) in [6.45, 7) is 3.76. The molecule has 0 aliphatic carbocycles. The molecule has 2 aromatic carbocycles. The van der Waals surface area contributed by atoms with Crippen LogP contribution in [0, 0.1) is 5.82 Å². The predicted molar refractivity (Wildman–Crippen MR) is 110 cm³/mol. The molecule has 0 aliphatic heterocycles. The maximum absolute atomic E-state index is 13.6. The Morgan fingerprint density at radius 3 is 2.67 bits per heavy atom. The van der Waals surface area contributed by atoms with Crippen LogP contribution < -0.4 is 16.0 Å². The predicted octanol–water partition coefficient (Wildman–Crippen LogP) is 3.25. The van der Waals surface area contributed by atoms with E-state index in [0.29, 0.717) is 29.1 Å². The minimum atomic E-state index is -0.295. The van der Waals surface area contributed by atoms with Crippen LogP contribution in [0.1, 0.15) is 28.4 Å². The number of aliphatic imine (C=N–C) groups is 1. The standard InChI is InChI=1S/C20H24BrFN4O/c1-3-24-20(26-13-15-7-8-17(21)18(22)12-15)25-10-9-14-5-4-6-16(11-14)19(27)23-2/h4-8,11-12H,3,9-10,13H2,1-2H3,(H,23,27)(H2,24,25,26). The number of nitrogens with zero attached hydrogens (tertiary/aromatic N) is 1. The van der Waals surface area contributed by atoms with Gasteiger partial charge in [-0.25, -0.2) is 9.38 Å². The number of rotatable bonds is 7. The van der Waals surface area contributed by atoms with Gasteiger partial charge in [-0.2, -0.15) is 0 Å². The molecule has 0 fully saturated rings. The highest BCUT2D eigenvalue weighted by Gasteiger charge is 2.05. The van der Waals surface area contributed by atoms with Gasteiger partial charge in [0.1, 0.15) is 5.82 Å². The highest BCUT2D eigenvalue weighted by molar-refractivity contribution is 9.10. The van der Waals surface area contributed by atoms with Crippen LogP contribution in [0.25, 0.3) is 0 Å². The number of carbonyl (C=O) groups is 1. The summed E-state index contributed by atoms with van der Waals surface area (Å²) in [5.41, 5.74) is 2.51. The lowest BCUT2D eigenvalue weighted by atomic mass is 10.1. The number of halogens is 2. The van der Waals surface area contributed by atoms with Gasteiger partial charge in [-0.3, -0.25) is 4.79 Å². The molecule has 3 N–H and O–H groups in total. The maximum Gasteiger partial charge on any atom is 0.251 e. The molecule has 0 saturated heterocycles. The monoisotopic (exact) mass is 434 g/mol. The Hall–Kier alpha value is -2.41. The fourth-order valence-electron chi connectivity index (χ4n) is 2.49. The van der Waals surface area contributed by atoms with Gasteiger partial charge < -0.3 is 16.0 Å². The van der Waals surface area contributed by atoms with Crippen molar-refractivity contribution >= 4 is 27.8 Å². The number of hydrogen-bond donors (Lipinski definition) is 3. The molecule has 0 bridgehead atoms. The normalized spacial score (nSPS) is 11.2. The van der Waals surface area contributed by atoms with Crippen LogP contribution in [-0.4, -0.2) is 32.0 Å².